The van der Waals surface area contributed by atoms with Crippen molar-refractivity contribution in [3.8, 4) is 5.75 Å². The molecule has 5 nitrogen and oxygen atoms in total. The molecule has 0 aliphatic carbocycles. The highest BCUT2D eigenvalue weighted by Crippen LogP contribution is 2.49. The van der Waals surface area contributed by atoms with Crippen molar-refractivity contribution in [3.05, 3.63) is 24.3 Å². The van der Waals surface area contributed by atoms with Gasteiger partial charge in [0, 0.05) is 22.0 Å². The fourth-order valence-electron chi connectivity index (χ4n) is 1.23. The zero-order valence-corrected chi connectivity index (χ0v) is 12.3. The van der Waals surface area contributed by atoms with E-state index in [4.69, 9.17) is 13.6 Å². The Morgan fingerprint density at radius 3 is 2.00 bits per heavy atom. The average Bonchev–Trinajstić information content (AvgIpc) is 2.30. The van der Waals surface area contributed by atoms with E-state index in [-0.39, 0.29) is 13.2 Å². The molecule has 1 unspecified atom stereocenters. The summed E-state index contributed by atoms with van der Waals surface area (Å²) in [6.07, 6.45) is 1.58. The summed E-state index contributed by atoms with van der Waals surface area (Å²) in [5.41, 5.74) is 0. The third-order valence-electron chi connectivity index (χ3n) is 1.95. The first-order chi connectivity index (χ1) is 8.50. The highest BCUT2D eigenvalue weighted by Gasteiger charge is 2.27. The molecule has 0 aromatic heterocycles. The minimum absolute atomic E-state index is 0.230. The van der Waals surface area contributed by atoms with Gasteiger partial charge in [0.05, 0.1) is 13.2 Å². The molecule has 0 bridgehead atoms. The van der Waals surface area contributed by atoms with Gasteiger partial charge in [-0.2, -0.15) is 0 Å². The molecule has 0 saturated carbocycles. The van der Waals surface area contributed by atoms with Gasteiger partial charge in [-0.25, -0.2) is 4.57 Å². The summed E-state index contributed by atoms with van der Waals surface area (Å²) in [7, 11) is -4.61. The molecule has 0 amide bonds. The van der Waals surface area contributed by atoms with Crippen LogP contribution in [0.4, 0.5) is 0 Å². The summed E-state index contributed by atoms with van der Waals surface area (Å²) in [6, 6.07) is 6.46. The van der Waals surface area contributed by atoms with Crippen molar-refractivity contribution in [3.63, 3.8) is 0 Å². The van der Waals surface area contributed by atoms with Gasteiger partial charge in [0.25, 0.3) is 0 Å². The van der Waals surface area contributed by atoms with Crippen LogP contribution in [-0.2, 0) is 24.4 Å². The Labute approximate surface area is 110 Å². The molecule has 7 heteroatoms. The van der Waals surface area contributed by atoms with Gasteiger partial charge < -0.3 is 4.52 Å². The maximum Gasteiger partial charge on any atom is 0.530 e. The maximum atomic E-state index is 12.1. The lowest BCUT2D eigenvalue weighted by molar-refractivity contribution is 0.167. The summed E-state index contributed by atoms with van der Waals surface area (Å²) >= 11 is 0. The Morgan fingerprint density at radius 2 is 1.61 bits per heavy atom. The Bertz CT molecular complexity index is 435. The first kappa shape index (κ1) is 15.4. The fraction of sp³-hybridized carbons (Fsp3) is 0.455. The van der Waals surface area contributed by atoms with Gasteiger partial charge in [-0.3, -0.25) is 13.3 Å². The summed E-state index contributed by atoms with van der Waals surface area (Å²) < 4.78 is 38.5. The smallest absolute Gasteiger partial charge is 0.404 e. The van der Waals surface area contributed by atoms with E-state index < -0.39 is 18.6 Å². The number of hydrogen-bond donors (Lipinski definition) is 0. The largest absolute Gasteiger partial charge is 0.530 e. The summed E-state index contributed by atoms with van der Waals surface area (Å²) in [6.45, 7) is 3.87. The summed E-state index contributed by atoms with van der Waals surface area (Å²) in [4.78, 5) is 0.671. The summed E-state index contributed by atoms with van der Waals surface area (Å²) in [5.74, 6) is 0.356. The number of phosphoric acid groups is 1. The van der Waals surface area contributed by atoms with Crippen LogP contribution in [0.5, 0.6) is 5.75 Å². The molecule has 1 aromatic carbocycles. The Kier molecular flexibility index (Phi) is 6.02. The number of rotatable bonds is 7. The molecule has 1 aromatic rings. The van der Waals surface area contributed by atoms with Crippen molar-refractivity contribution in [1.82, 2.24) is 0 Å². The van der Waals surface area contributed by atoms with Gasteiger partial charge in [-0.05, 0) is 38.1 Å². The quantitative estimate of drug-likeness (QED) is 0.723. The molecule has 0 radical (unpaired) electrons. The Balaban J connectivity index is 2.81. The highest BCUT2D eigenvalue weighted by atomic mass is 32.2. The third-order valence-corrected chi connectivity index (χ3v) is 4.47. The van der Waals surface area contributed by atoms with E-state index in [1.807, 2.05) is 0 Å². The first-order valence-corrected chi connectivity index (χ1v) is 8.55. The number of phosphoric ester groups is 1. The molecule has 0 N–H and O–H groups in total. The average molecular weight is 292 g/mol. The van der Waals surface area contributed by atoms with Crippen LogP contribution in [0.3, 0.4) is 0 Å². The van der Waals surface area contributed by atoms with Gasteiger partial charge in [0.1, 0.15) is 5.75 Å². The van der Waals surface area contributed by atoms with Crippen molar-refractivity contribution < 1.29 is 22.3 Å². The van der Waals surface area contributed by atoms with E-state index in [0.717, 1.165) is 0 Å². The second-order valence-corrected chi connectivity index (χ2v) is 6.27. The second-order valence-electron chi connectivity index (χ2n) is 3.30. The predicted molar refractivity (Wildman–Crippen MR) is 70.3 cm³/mol. The van der Waals surface area contributed by atoms with Crippen molar-refractivity contribution in [2.45, 2.75) is 18.7 Å². The van der Waals surface area contributed by atoms with E-state index in [1.165, 1.54) is 0 Å². The van der Waals surface area contributed by atoms with E-state index in [0.29, 0.717) is 10.6 Å². The SMILES string of the molecule is CCOP(=O)(OCC)Oc1ccc(S(C)=O)cc1. The molecular formula is C11H17O5PS. The van der Waals surface area contributed by atoms with E-state index in [1.54, 1.807) is 44.4 Å². The molecular weight excluding hydrogens is 275 g/mol. The monoisotopic (exact) mass is 292 g/mol. The molecule has 1 atom stereocenters. The molecule has 0 heterocycles. The lowest BCUT2D eigenvalue weighted by Crippen LogP contribution is -2.02. The van der Waals surface area contributed by atoms with Crippen molar-refractivity contribution in [2.75, 3.05) is 19.5 Å². The van der Waals surface area contributed by atoms with Crippen LogP contribution in [0, 0.1) is 0 Å². The number of benzene rings is 1. The standard InChI is InChI=1S/C11H17O5PS/c1-4-14-17(12,15-5-2)16-10-6-8-11(9-7-10)18(3)13/h6-9H,4-5H2,1-3H3. The molecule has 0 spiro atoms. The van der Waals surface area contributed by atoms with E-state index in [9.17, 15) is 8.77 Å². The van der Waals surface area contributed by atoms with E-state index >= 15 is 0 Å². The Morgan fingerprint density at radius 1 is 1.11 bits per heavy atom. The topological polar surface area (TPSA) is 61.8 Å². The molecule has 0 fully saturated rings. The minimum Gasteiger partial charge on any atom is -0.404 e. The molecule has 0 aliphatic rings. The Hall–Kier alpha value is -0.680. The van der Waals surface area contributed by atoms with E-state index in [2.05, 4.69) is 0 Å². The van der Waals surface area contributed by atoms with Crippen molar-refractivity contribution in [1.29, 1.82) is 0 Å². The minimum atomic E-state index is -3.56. The van der Waals surface area contributed by atoms with Crippen LogP contribution < -0.4 is 4.52 Å². The zero-order valence-electron chi connectivity index (χ0n) is 10.6. The molecule has 0 aliphatic heterocycles. The van der Waals surface area contributed by atoms with Gasteiger partial charge in [-0.15, -0.1) is 0 Å². The van der Waals surface area contributed by atoms with Crippen LogP contribution in [0.15, 0.2) is 29.2 Å². The van der Waals surface area contributed by atoms with Crippen molar-refractivity contribution in [2.24, 2.45) is 0 Å². The van der Waals surface area contributed by atoms with Crippen LogP contribution in [0.2, 0.25) is 0 Å². The van der Waals surface area contributed by atoms with Crippen LogP contribution in [-0.4, -0.2) is 23.7 Å². The van der Waals surface area contributed by atoms with Crippen LogP contribution in [0.25, 0.3) is 0 Å². The first-order valence-electron chi connectivity index (χ1n) is 5.53. The molecule has 0 saturated heterocycles. The normalized spacial score (nSPS) is 13.3. The van der Waals surface area contributed by atoms with Crippen LogP contribution in [0.1, 0.15) is 13.8 Å². The predicted octanol–water partition coefficient (Wildman–Crippen LogP) is 2.98. The summed E-state index contributed by atoms with van der Waals surface area (Å²) in [5, 5.41) is 0. The van der Waals surface area contributed by atoms with Gasteiger partial charge >= 0.3 is 7.82 Å². The maximum absolute atomic E-state index is 12.1. The van der Waals surface area contributed by atoms with Gasteiger partial charge in [0.15, 0.2) is 0 Å². The van der Waals surface area contributed by atoms with Gasteiger partial charge in [-0.1, -0.05) is 0 Å². The number of hydrogen-bond acceptors (Lipinski definition) is 5. The highest BCUT2D eigenvalue weighted by molar-refractivity contribution is 7.84. The lowest BCUT2D eigenvalue weighted by atomic mass is 10.3. The van der Waals surface area contributed by atoms with Crippen LogP contribution >= 0.6 is 7.82 Å². The third kappa shape index (κ3) is 4.53. The zero-order chi connectivity index (χ0) is 13.6. The van der Waals surface area contributed by atoms with Crippen molar-refractivity contribution >= 4 is 18.6 Å². The molecule has 1 rings (SSSR count). The molecule has 102 valence electrons. The van der Waals surface area contributed by atoms with Gasteiger partial charge in [0.2, 0.25) is 0 Å². The second kappa shape index (κ2) is 7.04. The fourth-order valence-corrected chi connectivity index (χ4v) is 2.94. The lowest BCUT2D eigenvalue weighted by Gasteiger charge is -2.16. The molecule has 18 heavy (non-hydrogen) atoms.